The van der Waals surface area contributed by atoms with Gasteiger partial charge in [0.2, 0.25) is 0 Å². The highest BCUT2D eigenvalue weighted by atomic mass is 35.5. The number of piperidine rings is 2. The van der Waals surface area contributed by atoms with Crippen molar-refractivity contribution in [2.45, 2.75) is 38.6 Å². The van der Waals surface area contributed by atoms with Crippen LogP contribution < -0.4 is 29.9 Å². The van der Waals surface area contributed by atoms with Crippen LogP contribution in [0.15, 0.2) is 115 Å². The van der Waals surface area contributed by atoms with Crippen LogP contribution in [0.1, 0.15) is 43.7 Å². The lowest BCUT2D eigenvalue weighted by Gasteiger charge is -2.34. The third-order valence-corrected chi connectivity index (χ3v) is 11.9. The molecule has 8 rings (SSSR count). The monoisotopic (exact) mass is 993 g/mol. The molecule has 2 saturated heterocycles. The molecule has 0 amide bonds. The Morgan fingerprint density at radius 3 is 1.67 bits per heavy atom. The number of benzene rings is 2. The van der Waals surface area contributed by atoms with E-state index < -0.39 is 0 Å². The fourth-order valence-corrected chi connectivity index (χ4v) is 8.10. The lowest BCUT2D eigenvalue weighted by molar-refractivity contribution is 0.435. The minimum Gasteiger partial charge on any atom is -0.454 e. The number of nitrogens with zero attached hydrogens (tertiary/aromatic N) is 7. The number of anilines is 3. The molecule has 0 aliphatic carbocycles. The highest BCUT2D eigenvalue weighted by Crippen LogP contribution is 2.40. The van der Waals surface area contributed by atoms with Crippen LogP contribution in [0, 0.1) is 30.6 Å². The van der Waals surface area contributed by atoms with E-state index in [2.05, 4.69) is 81.5 Å². The Balaban J connectivity index is 0.000000189. The molecule has 0 spiro atoms. The molecule has 0 unspecified atom stereocenters. The average molecular weight is 996 g/mol. The molecule has 2 N–H and O–H groups in total. The van der Waals surface area contributed by atoms with Crippen molar-refractivity contribution in [1.29, 1.82) is 0 Å². The molecular formula is C49H43Cl4N9O2S2. The molecule has 6 aromatic rings. The largest absolute Gasteiger partial charge is 0.454 e. The lowest BCUT2D eigenvalue weighted by Crippen LogP contribution is -2.46. The number of hydrogen-bond donors (Lipinski definition) is 2. The maximum atomic E-state index is 6.66. The summed E-state index contributed by atoms with van der Waals surface area (Å²) in [5.41, 5.74) is 2.98. The number of halogens is 4. The molecule has 0 saturated carbocycles. The van der Waals surface area contributed by atoms with Gasteiger partial charge >= 0.3 is 0 Å². The fourth-order valence-electron chi connectivity index (χ4n) is 6.73. The van der Waals surface area contributed by atoms with Gasteiger partial charge in [0.15, 0.2) is 28.2 Å². The standard InChI is InChI=1S/C24H21Cl2N5OS.C19H18Cl2N2O.C6H4N2S/c1-2-16-5-6-20(19(25)14-16)32-21-7-11-28-23(22(21)26)31-12-8-17(9-13-31)29-24(33)30-18-4-3-10-27-15-18;1-3-14-4-5-16(15(20)12-14)24-17-6-9-22-19(18(17)21)23-10-7-13(2)8-11-23;9-5-8-6-2-1-3-7-4-6/h1,3-7,10-11,14-15,17H,8-9,12-13H2,(H2,29,30,33);1,4-6,9,12-13H,7-8,10-11H2,2H3;1-4H. The quantitative estimate of drug-likeness (QED) is 0.0817. The number of pyridine rings is 4. The number of aromatic nitrogens is 4. The highest BCUT2D eigenvalue weighted by Gasteiger charge is 2.25. The normalized spacial score (nSPS) is 13.5. The predicted octanol–water partition coefficient (Wildman–Crippen LogP) is 12.7. The molecule has 336 valence electrons. The Morgan fingerprint density at radius 2 is 1.21 bits per heavy atom. The van der Waals surface area contributed by atoms with Gasteiger partial charge in [0.1, 0.15) is 21.5 Å². The Bertz CT molecular complexity index is 2720. The van der Waals surface area contributed by atoms with E-state index in [1.165, 1.54) is 0 Å². The van der Waals surface area contributed by atoms with E-state index >= 15 is 0 Å². The summed E-state index contributed by atoms with van der Waals surface area (Å²) in [6.07, 6.45) is 25.0. The molecule has 11 nitrogen and oxygen atoms in total. The number of nitrogens with one attached hydrogen (secondary N) is 2. The van der Waals surface area contributed by atoms with Crippen molar-refractivity contribution < 1.29 is 9.47 Å². The first-order chi connectivity index (χ1) is 32.0. The smallest absolute Gasteiger partial charge is 0.171 e. The molecule has 2 aliphatic rings. The number of isothiocyanates is 1. The van der Waals surface area contributed by atoms with Crippen LogP contribution in [-0.2, 0) is 0 Å². The average Bonchev–Trinajstić information content (AvgIpc) is 3.33. The maximum absolute atomic E-state index is 6.66. The Hall–Kier alpha value is -5.99. The van der Waals surface area contributed by atoms with Crippen LogP contribution in [0.2, 0.25) is 20.1 Å². The van der Waals surface area contributed by atoms with E-state index in [1.807, 2.05) is 18.2 Å². The fraction of sp³-hybridized carbons (Fsp3) is 0.224. The van der Waals surface area contributed by atoms with Crippen LogP contribution in [-0.4, -0.2) is 62.4 Å². The number of rotatable bonds is 9. The van der Waals surface area contributed by atoms with E-state index in [0.717, 1.165) is 75.0 Å². The van der Waals surface area contributed by atoms with Crippen LogP contribution >= 0.6 is 70.8 Å². The molecule has 66 heavy (non-hydrogen) atoms. The third-order valence-electron chi connectivity index (χ3n) is 10.3. The number of aliphatic imine (C=N–C) groups is 1. The Kier molecular flexibility index (Phi) is 18.8. The minimum absolute atomic E-state index is 0.254. The first-order valence-electron chi connectivity index (χ1n) is 20.7. The molecule has 2 aliphatic heterocycles. The lowest BCUT2D eigenvalue weighted by atomic mass is 9.99. The number of terminal acetylenes is 2. The van der Waals surface area contributed by atoms with Crippen LogP contribution in [0.3, 0.4) is 0 Å². The molecule has 0 atom stereocenters. The molecule has 0 radical (unpaired) electrons. The highest BCUT2D eigenvalue weighted by molar-refractivity contribution is 7.80. The molecular weight excluding hydrogens is 953 g/mol. The minimum atomic E-state index is 0.254. The van der Waals surface area contributed by atoms with Gasteiger partial charge in [0, 0.05) is 80.3 Å². The summed E-state index contributed by atoms with van der Waals surface area (Å²) in [5.74, 6) is 9.29. The molecule has 6 heterocycles. The molecule has 2 fully saturated rings. The topological polar surface area (TPSA) is 113 Å². The van der Waals surface area contributed by atoms with E-state index in [0.29, 0.717) is 65.1 Å². The Labute approximate surface area is 415 Å². The maximum Gasteiger partial charge on any atom is 0.171 e. The summed E-state index contributed by atoms with van der Waals surface area (Å²) in [4.78, 5) is 24.9. The SMILES string of the molecule is C#Cc1ccc(Oc2ccnc(N3CCC(C)CC3)c2Cl)c(Cl)c1.C#Cc1ccc(Oc2ccnc(N3CCC(NC(=S)Nc4cccnc4)CC3)c2Cl)c(Cl)c1.S=C=Nc1cccnc1. The summed E-state index contributed by atoms with van der Waals surface area (Å²) >= 11 is 35.5. The number of hydrogen-bond acceptors (Lipinski definition) is 11. The zero-order chi connectivity index (χ0) is 46.8. The van der Waals surface area contributed by atoms with E-state index in [9.17, 15) is 0 Å². The zero-order valence-corrected chi connectivity index (χ0v) is 40.3. The van der Waals surface area contributed by atoms with Crippen molar-refractivity contribution in [3.05, 3.63) is 141 Å². The van der Waals surface area contributed by atoms with Gasteiger partial charge in [0.05, 0.1) is 39.0 Å². The van der Waals surface area contributed by atoms with Crippen molar-refractivity contribution in [2.24, 2.45) is 10.9 Å². The van der Waals surface area contributed by atoms with Crippen LogP contribution in [0.5, 0.6) is 23.0 Å². The van der Waals surface area contributed by atoms with Gasteiger partial charge in [-0.2, -0.15) is 4.99 Å². The van der Waals surface area contributed by atoms with Crippen molar-refractivity contribution >= 4 is 104 Å². The second kappa shape index (κ2) is 25.1. The van der Waals surface area contributed by atoms with Crippen molar-refractivity contribution in [2.75, 3.05) is 41.3 Å². The second-order valence-electron chi connectivity index (χ2n) is 14.9. The van der Waals surface area contributed by atoms with Gasteiger partial charge in [-0.25, -0.2) is 9.97 Å². The number of thiocarbonyl (C=S) groups is 2. The second-order valence-corrected chi connectivity index (χ2v) is 17.0. The Morgan fingerprint density at radius 1 is 0.697 bits per heavy atom. The summed E-state index contributed by atoms with van der Waals surface area (Å²) in [6.45, 7) is 5.74. The van der Waals surface area contributed by atoms with Gasteiger partial charge < -0.3 is 29.9 Å². The van der Waals surface area contributed by atoms with Crippen LogP contribution in [0.4, 0.5) is 23.0 Å². The molecule has 2 aromatic carbocycles. The molecule has 0 bridgehead atoms. The zero-order valence-electron chi connectivity index (χ0n) is 35.6. The summed E-state index contributed by atoms with van der Waals surface area (Å²) in [6, 6.07) is 21.5. The van der Waals surface area contributed by atoms with Crippen LogP contribution in [0.25, 0.3) is 0 Å². The van der Waals surface area contributed by atoms with Crippen molar-refractivity contribution in [3.63, 3.8) is 0 Å². The summed E-state index contributed by atoms with van der Waals surface area (Å²) < 4.78 is 11.9. The van der Waals surface area contributed by atoms with Gasteiger partial charge in [-0.1, -0.05) is 65.2 Å². The van der Waals surface area contributed by atoms with E-state index in [1.54, 1.807) is 91.8 Å². The van der Waals surface area contributed by atoms with Gasteiger partial charge in [-0.15, -0.1) is 12.8 Å². The van der Waals surface area contributed by atoms with Gasteiger partial charge in [0.25, 0.3) is 0 Å². The summed E-state index contributed by atoms with van der Waals surface area (Å²) in [5, 5.41) is 11.2. The first kappa shape index (κ1) is 49.4. The van der Waals surface area contributed by atoms with Gasteiger partial charge in [-0.05, 0) is 117 Å². The van der Waals surface area contributed by atoms with Crippen molar-refractivity contribution in [3.8, 4) is 47.7 Å². The first-order valence-corrected chi connectivity index (χ1v) is 23.0. The predicted molar refractivity (Wildman–Crippen MR) is 276 cm³/mol. The number of ether oxygens (including phenoxy) is 2. The van der Waals surface area contributed by atoms with E-state index in [-0.39, 0.29) is 6.04 Å². The third kappa shape index (κ3) is 14.3. The van der Waals surface area contributed by atoms with E-state index in [4.69, 9.17) is 80.9 Å². The molecule has 17 heteroatoms. The van der Waals surface area contributed by atoms with Gasteiger partial charge in [-0.3, -0.25) is 9.97 Å². The summed E-state index contributed by atoms with van der Waals surface area (Å²) in [7, 11) is 0. The van der Waals surface area contributed by atoms with Crippen molar-refractivity contribution in [1.82, 2.24) is 25.3 Å². The molecule has 4 aromatic heterocycles.